The summed E-state index contributed by atoms with van der Waals surface area (Å²) in [4.78, 5) is 6.37. The minimum Gasteiger partial charge on any atom is -0.396 e. The smallest absolute Gasteiger partial charge is 0.149 e. The number of aromatic nitrogens is 1. The quantitative estimate of drug-likeness (QED) is 0.717. The summed E-state index contributed by atoms with van der Waals surface area (Å²) in [5, 5.41) is 3.25. The van der Waals surface area contributed by atoms with Gasteiger partial charge in [-0.1, -0.05) is 0 Å². The molecule has 4 heteroatoms. The molecule has 4 nitrogen and oxygen atoms in total. The van der Waals surface area contributed by atoms with Crippen molar-refractivity contribution in [3.8, 4) is 0 Å². The van der Waals surface area contributed by atoms with E-state index in [-0.39, 0.29) is 0 Å². The average Bonchev–Trinajstić information content (AvgIpc) is 2.18. The molecule has 0 aliphatic carbocycles. The number of nitrogen functional groups attached to an aromatic ring is 1. The standard InChI is InChI=1S/C11H20N4/c1-9-5-7-14-11(10(9)12)13-6-4-8-15(2)3/h5,7H,4,6,8,12H2,1-3H3,(H,13,14). The Morgan fingerprint density at radius 3 is 2.87 bits per heavy atom. The van der Waals surface area contributed by atoms with Gasteiger partial charge in [-0.15, -0.1) is 0 Å². The molecule has 15 heavy (non-hydrogen) atoms. The number of nitrogens with two attached hydrogens (primary N) is 1. The van der Waals surface area contributed by atoms with Gasteiger partial charge in [0.1, 0.15) is 5.82 Å². The topological polar surface area (TPSA) is 54.2 Å². The zero-order valence-electron chi connectivity index (χ0n) is 9.75. The third-order valence-corrected chi connectivity index (χ3v) is 2.28. The number of rotatable bonds is 5. The van der Waals surface area contributed by atoms with Crippen molar-refractivity contribution < 1.29 is 0 Å². The molecule has 1 aromatic heterocycles. The van der Waals surface area contributed by atoms with Crippen molar-refractivity contribution in [1.82, 2.24) is 9.88 Å². The molecule has 0 saturated carbocycles. The molecular weight excluding hydrogens is 188 g/mol. The van der Waals surface area contributed by atoms with Crippen LogP contribution in [0.15, 0.2) is 12.3 Å². The summed E-state index contributed by atoms with van der Waals surface area (Å²) >= 11 is 0. The number of nitrogens with one attached hydrogen (secondary N) is 1. The summed E-state index contributed by atoms with van der Waals surface area (Å²) in [6, 6.07) is 1.92. The molecule has 0 fully saturated rings. The predicted molar refractivity (Wildman–Crippen MR) is 65.0 cm³/mol. The molecule has 0 aromatic carbocycles. The zero-order valence-corrected chi connectivity index (χ0v) is 9.75. The van der Waals surface area contributed by atoms with Crippen LogP contribution in [0.3, 0.4) is 0 Å². The number of hydrogen-bond donors (Lipinski definition) is 2. The Morgan fingerprint density at radius 2 is 2.20 bits per heavy atom. The van der Waals surface area contributed by atoms with Gasteiger partial charge in [0.15, 0.2) is 0 Å². The molecule has 0 bridgehead atoms. The Labute approximate surface area is 91.5 Å². The Bertz CT molecular complexity index is 309. The number of anilines is 2. The highest BCUT2D eigenvalue weighted by Gasteiger charge is 2.01. The number of hydrogen-bond acceptors (Lipinski definition) is 4. The Hall–Kier alpha value is -1.29. The maximum atomic E-state index is 5.89. The fourth-order valence-electron chi connectivity index (χ4n) is 1.31. The normalized spacial score (nSPS) is 10.7. The monoisotopic (exact) mass is 208 g/mol. The van der Waals surface area contributed by atoms with Crippen LogP contribution in [0.25, 0.3) is 0 Å². The summed E-state index contributed by atoms with van der Waals surface area (Å²) in [6.45, 7) is 3.96. The summed E-state index contributed by atoms with van der Waals surface area (Å²) in [5.41, 5.74) is 7.71. The lowest BCUT2D eigenvalue weighted by Gasteiger charge is -2.12. The van der Waals surface area contributed by atoms with Crippen LogP contribution < -0.4 is 11.1 Å². The van der Waals surface area contributed by atoms with Crippen LogP contribution in [0.5, 0.6) is 0 Å². The van der Waals surface area contributed by atoms with Gasteiger partial charge in [-0.25, -0.2) is 4.98 Å². The maximum absolute atomic E-state index is 5.89. The minimum atomic E-state index is 0.752. The second kappa shape index (κ2) is 5.56. The SMILES string of the molecule is Cc1ccnc(NCCCN(C)C)c1N. The molecule has 1 heterocycles. The maximum Gasteiger partial charge on any atom is 0.149 e. The molecule has 0 amide bonds. The zero-order chi connectivity index (χ0) is 11.3. The highest BCUT2D eigenvalue weighted by atomic mass is 15.1. The van der Waals surface area contributed by atoms with E-state index in [9.17, 15) is 0 Å². The van der Waals surface area contributed by atoms with E-state index in [4.69, 9.17) is 5.73 Å². The first-order chi connectivity index (χ1) is 7.11. The summed E-state index contributed by atoms with van der Waals surface area (Å²) < 4.78 is 0. The number of nitrogens with zero attached hydrogens (tertiary/aromatic N) is 2. The molecule has 1 aromatic rings. The van der Waals surface area contributed by atoms with Crippen molar-refractivity contribution >= 4 is 11.5 Å². The highest BCUT2D eigenvalue weighted by molar-refractivity contribution is 5.64. The van der Waals surface area contributed by atoms with E-state index in [1.807, 2.05) is 13.0 Å². The first-order valence-electron chi connectivity index (χ1n) is 5.21. The minimum absolute atomic E-state index is 0.752. The largest absolute Gasteiger partial charge is 0.396 e. The lowest BCUT2D eigenvalue weighted by molar-refractivity contribution is 0.405. The summed E-state index contributed by atoms with van der Waals surface area (Å²) in [5.74, 6) is 0.800. The molecule has 0 atom stereocenters. The first-order valence-corrected chi connectivity index (χ1v) is 5.21. The molecular formula is C11H20N4. The van der Waals surface area contributed by atoms with Crippen LogP contribution in [0.4, 0.5) is 11.5 Å². The van der Waals surface area contributed by atoms with Crippen molar-refractivity contribution in [1.29, 1.82) is 0 Å². The molecule has 0 unspecified atom stereocenters. The lowest BCUT2D eigenvalue weighted by atomic mass is 10.2. The van der Waals surface area contributed by atoms with E-state index in [2.05, 4.69) is 29.3 Å². The first kappa shape index (κ1) is 11.8. The summed E-state index contributed by atoms with van der Waals surface area (Å²) in [7, 11) is 4.14. The molecule has 0 saturated heterocycles. The van der Waals surface area contributed by atoms with E-state index >= 15 is 0 Å². The van der Waals surface area contributed by atoms with E-state index < -0.39 is 0 Å². The van der Waals surface area contributed by atoms with Crippen LogP contribution in [0.1, 0.15) is 12.0 Å². The number of aryl methyl sites for hydroxylation is 1. The fourth-order valence-corrected chi connectivity index (χ4v) is 1.31. The van der Waals surface area contributed by atoms with Gasteiger partial charge < -0.3 is 16.0 Å². The number of pyridine rings is 1. The molecule has 0 aliphatic rings. The van der Waals surface area contributed by atoms with Crippen LogP contribution in [-0.2, 0) is 0 Å². The van der Waals surface area contributed by atoms with Crippen LogP contribution in [0.2, 0.25) is 0 Å². The third kappa shape index (κ3) is 3.75. The second-order valence-electron chi connectivity index (χ2n) is 3.97. The van der Waals surface area contributed by atoms with Gasteiger partial charge in [-0.2, -0.15) is 0 Å². The summed E-state index contributed by atoms with van der Waals surface area (Å²) in [6.07, 6.45) is 2.86. The Balaban J connectivity index is 2.41. The van der Waals surface area contributed by atoms with Gasteiger partial charge in [-0.05, 0) is 45.6 Å². The van der Waals surface area contributed by atoms with Crippen LogP contribution in [0, 0.1) is 6.92 Å². The van der Waals surface area contributed by atoms with Crippen molar-refractivity contribution in [2.75, 3.05) is 38.2 Å². The van der Waals surface area contributed by atoms with E-state index in [1.165, 1.54) is 0 Å². The molecule has 0 spiro atoms. The van der Waals surface area contributed by atoms with Crippen molar-refractivity contribution in [2.45, 2.75) is 13.3 Å². The second-order valence-corrected chi connectivity index (χ2v) is 3.97. The lowest BCUT2D eigenvalue weighted by Crippen LogP contribution is -2.17. The highest BCUT2D eigenvalue weighted by Crippen LogP contribution is 2.18. The van der Waals surface area contributed by atoms with Crippen molar-refractivity contribution in [2.24, 2.45) is 0 Å². The van der Waals surface area contributed by atoms with E-state index in [1.54, 1.807) is 6.20 Å². The van der Waals surface area contributed by atoms with Gasteiger partial charge in [0.25, 0.3) is 0 Å². The van der Waals surface area contributed by atoms with E-state index in [0.717, 1.165) is 36.6 Å². The fraction of sp³-hybridized carbons (Fsp3) is 0.545. The molecule has 1 rings (SSSR count). The van der Waals surface area contributed by atoms with Gasteiger partial charge in [-0.3, -0.25) is 0 Å². The van der Waals surface area contributed by atoms with Gasteiger partial charge in [0.05, 0.1) is 5.69 Å². The molecule has 0 aliphatic heterocycles. The van der Waals surface area contributed by atoms with E-state index in [0.29, 0.717) is 0 Å². The van der Waals surface area contributed by atoms with Gasteiger partial charge in [0, 0.05) is 12.7 Å². The predicted octanol–water partition coefficient (Wildman–Crippen LogP) is 1.34. The molecule has 0 radical (unpaired) electrons. The van der Waals surface area contributed by atoms with Gasteiger partial charge in [0.2, 0.25) is 0 Å². The van der Waals surface area contributed by atoms with Crippen LogP contribution in [-0.4, -0.2) is 37.1 Å². The molecule has 84 valence electrons. The Morgan fingerprint density at radius 1 is 1.47 bits per heavy atom. The Kier molecular flexibility index (Phi) is 4.37. The van der Waals surface area contributed by atoms with Crippen LogP contribution >= 0.6 is 0 Å². The molecule has 3 N–H and O–H groups in total. The van der Waals surface area contributed by atoms with Crippen molar-refractivity contribution in [3.05, 3.63) is 17.8 Å². The average molecular weight is 208 g/mol. The third-order valence-electron chi connectivity index (χ3n) is 2.28. The van der Waals surface area contributed by atoms with Crippen molar-refractivity contribution in [3.63, 3.8) is 0 Å². The van der Waals surface area contributed by atoms with Gasteiger partial charge >= 0.3 is 0 Å².